The van der Waals surface area contributed by atoms with Crippen molar-refractivity contribution in [3.63, 3.8) is 0 Å². The highest BCUT2D eigenvalue weighted by molar-refractivity contribution is 6.29. The van der Waals surface area contributed by atoms with Gasteiger partial charge < -0.3 is 20.5 Å². The average Bonchev–Trinajstić information content (AvgIpc) is 3.18. The van der Waals surface area contributed by atoms with Crippen LogP contribution in [-0.2, 0) is 6.42 Å². The summed E-state index contributed by atoms with van der Waals surface area (Å²) in [6, 6.07) is 7.15. The lowest BCUT2D eigenvalue weighted by atomic mass is 9.95. The lowest BCUT2D eigenvalue weighted by Gasteiger charge is -2.35. The summed E-state index contributed by atoms with van der Waals surface area (Å²) in [6.45, 7) is 9.64. The molecular weight excluding hydrogens is 446 g/mol. The van der Waals surface area contributed by atoms with Gasteiger partial charge in [-0.2, -0.15) is 0 Å². The number of benzene rings is 1. The Morgan fingerprint density at radius 1 is 1.18 bits per heavy atom. The minimum absolute atomic E-state index is 0.104. The molecule has 1 saturated heterocycles. The molecule has 1 aliphatic heterocycles. The van der Waals surface area contributed by atoms with Crippen molar-refractivity contribution < 1.29 is 0 Å². The number of likely N-dealkylation sites (tertiary alicyclic amines) is 1. The Kier molecular flexibility index (Phi) is 6.78. The summed E-state index contributed by atoms with van der Waals surface area (Å²) in [5.41, 5.74) is 11.8. The Bertz CT molecular complexity index is 1150. The van der Waals surface area contributed by atoms with Crippen LogP contribution in [0.4, 0.5) is 5.95 Å². The van der Waals surface area contributed by atoms with Crippen LogP contribution in [0.25, 0.3) is 11.0 Å². The maximum Gasteiger partial charge on any atom is 0.204 e. The van der Waals surface area contributed by atoms with E-state index in [9.17, 15) is 0 Å². The average molecular weight is 482 g/mol. The molecule has 3 heterocycles. The predicted octanol–water partition coefficient (Wildman–Crippen LogP) is 4.57. The van der Waals surface area contributed by atoms with Crippen LogP contribution in [0.3, 0.4) is 0 Å². The summed E-state index contributed by atoms with van der Waals surface area (Å²) in [6.07, 6.45) is 6.85. The Hall–Kier alpha value is -2.22. The number of nitrogens with one attached hydrogen (secondary N) is 1. The Labute approximate surface area is 207 Å². The molecule has 182 valence electrons. The van der Waals surface area contributed by atoms with E-state index >= 15 is 0 Å². The van der Waals surface area contributed by atoms with E-state index in [0.29, 0.717) is 17.1 Å². The van der Waals surface area contributed by atoms with E-state index in [1.54, 1.807) is 6.20 Å². The molecule has 2 atom stereocenters. The van der Waals surface area contributed by atoms with E-state index in [1.165, 1.54) is 5.56 Å². The first-order valence-corrected chi connectivity index (χ1v) is 13.0. The van der Waals surface area contributed by atoms with Crippen LogP contribution < -0.4 is 11.1 Å². The molecule has 34 heavy (non-hydrogen) atoms. The molecule has 0 saturated carbocycles. The normalized spacial score (nSPS) is 20.6. The first-order valence-electron chi connectivity index (χ1n) is 12.6. The summed E-state index contributed by atoms with van der Waals surface area (Å²) < 4.78 is 2.37. The van der Waals surface area contributed by atoms with Crippen LogP contribution in [0.2, 0.25) is 5.15 Å². The van der Waals surface area contributed by atoms with Crippen LogP contribution >= 0.6 is 11.6 Å². The zero-order valence-corrected chi connectivity index (χ0v) is 21.2. The fourth-order valence-electron chi connectivity index (χ4n) is 5.35. The van der Waals surface area contributed by atoms with Crippen molar-refractivity contribution in [1.82, 2.24) is 24.4 Å². The van der Waals surface area contributed by atoms with Crippen molar-refractivity contribution in [2.75, 3.05) is 25.0 Å². The molecule has 8 heteroatoms. The van der Waals surface area contributed by atoms with Crippen molar-refractivity contribution in [2.45, 2.75) is 71.0 Å². The largest absolute Gasteiger partial charge is 0.353 e. The number of para-hydroxylation sites is 1. The molecule has 2 aromatic heterocycles. The summed E-state index contributed by atoms with van der Waals surface area (Å²) in [5.74, 6) is 1.45. The summed E-state index contributed by atoms with van der Waals surface area (Å²) in [5, 5.41) is 4.29. The molecule has 3 aromatic rings. The molecule has 0 amide bonds. The predicted molar refractivity (Wildman–Crippen MR) is 138 cm³/mol. The topological polar surface area (TPSA) is 84.9 Å². The van der Waals surface area contributed by atoms with Gasteiger partial charge in [-0.1, -0.05) is 37.6 Å². The molecule has 2 unspecified atom stereocenters. The van der Waals surface area contributed by atoms with Crippen LogP contribution in [0, 0.1) is 12.8 Å². The van der Waals surface area contributed by atoms with Crippen LogP contribution in [0.5, 0.6) is 0 Å². The quantitative estimate of drug-likeness (QED) is 0.536. The second kappa shape index (κ2) is 9.80. The highest BCUT2D eigenvalue weighted by Crippen LogP contribution is 2.37. The molecule has 0 radical (unpaired) electrons. The molecular formula is C26H36ClN7. The molecule has 1 fully saturated rings. The molecule has 2 aliphatic rings. The monoisotopic (exact) mass is 481 g/mol. The fraction of sp³-hybridized carbons (Fsp3) is 0.577. The van der Waals surface area contributed by atoms with Gasteiger partial charge in [0.15, 0.2) is 0 Å². The van der Waals surface area contributed by atoms with E-state index in [1.807, 2.05) is 0 Å². The number of hydrogen-bond acceptors (Lipinski definition) is 6. The van der Waals surface area contributed by atoms with Crippen molar-refractivity contribution in [2.24, 2.45) is 11.7 Å². The molecule has 0 bridgehead atoms. The number of nitrogens with two attached hydrogens (primary N) is 1. The SMILES string of the molecule is Cc1cccc2c1nc(NC1CCN(CC(N)C(C)C)CC1)n2C1CCCc2nc(Cl)cnc21. The number of halogens is 1. The standard InChI is InChI=1S/C26H36ClN7/c1-16(2)19(28)15-33-12-10-18(11-13-33)30-26-32-24-17(3)6-4-8-21(24)34(26)22-9-5-7-20-25(22)29-14-23(27)31-20/h4,6,8,14,16,18-19,22H,5,7,9-13,15,28H2,1-3H3,(H,30,32). The van der Waals surface area contributed by atoms with Gasteiger partial charge >= 0.3 is 0 Å². The first kappa shape index (κ1) is 23.5. The third-order valence-electron chi connectivity index (χ3n) is 7.53. The highest BCUT2D eigenvalue weighted by Gasteiger charge is 2.30. The van der Waals surface area contributed by atoms with Crippen molar-refractivity contribution in [3.05, 3.63) is 46.5 Å². The second-order valence-corrected chi connectivity index (χ2v) is 10.7. The fourth-order valence-corrected chi connectivity index (χ4v) is 5.50. The number of imidazole rings is 1. The van der Waals surface area contributed by atoms with Gasteiger partial charge in [0.2, 0.25) is 5.95 Å². The number of piperidine rings is 1. The van der Waals surface area contributed by atoms with Gasteiger partial charge in [0, 0.05) is 31.7 Å². The summed E-state index contributed by atoms with van der Waals surface area (Å²) in [7, 11) is 0. The van der Waals surface area contributed by atoms with E-state index in [-0.39, 0.29) is 12.1 Å². The number of fused-ring (bicyclic) bond motifs is 2. The van der Waals surface area contributed by atoms with Crippen molar-refractivity contribution in [1.29, 1.82) is 0 Å². The summed E-state index contributed by atoms with van der Waals surface area (Å²) in [4.78, 5) is 16.9. The molecule has 7 nitrogen and oxygen atoms in total. The van der Waals surface area contributed by atoms with E-state index in [0.717, 1.165) is 80.1 Å². The van der Waals surface area contributed by atoms with E-state index in [2.05, 4.69) is 58.7 Å². The molecule has 3 N–H and O–H groups in total. The van der Waals surface area contributed by atoms with E-state index < -0.39 is 0 Å². The Balaban J connectivity index is 1.42. The smallest absolute Gasteiger partial charge is 0.204 e. The van der Waals surface area contributed by atoms with Crippen LogP contribution in [0.15, 0.2) is 24.4 Å². The van der Waals surface area contributed by atoms with Gasteiger partial charge in [-0.15, -0.1) is 0 Å². The Morgan fingerprint density at radius 3 is 2.74 bits per heavy atom. The molecule has 5 rings (SSSR count). The van der Waals surface area contributed by atoms with Gasteiger partial charge in [-0.25, -0.2) is 9.97 Å². The number of nitrogens with zero attached hydrogens (tertiary/aromatic N) is 5. The minimum Gasteiger partial charge on any atom is -0.353 e. The Morgan fingerprint density at radius 2 is 1.97 bits per heavy atom. The van der Waals surface area contributed by atoms with Gasteiger partial charge in [0.05, 0.1) is 34.7 Å². The lowest BCUT2D eigenvalue weighted by molar-refractivity contribution is 0.194. The van der Waals surface area contributed by atoms with Gasteiger partial charge in [-0.05, 0) is 56.6 Å². The maximum absolute atomic E-state index is 6.32. The van der Waals surface area contributed by atoms with Gasteiger partial charge in [0.25, 0.3) is 0 Å². The number of aromatic nitrogens is 4. The highest BCUT2D eigenvalue weighted by atomic mass is 35.5. The molecule has 0 spiro atoms. The third-order valence-corrected chi connectivity index (χ3v) is 7.72. The minimum atomic E-state index is 0.104. The number of aryl methyl sites for hydroxylation is 2. The maximum atomic E-state index is 6.32. The van der Waals surface area contributed by atoms with Crippen LogP contribution in [0.1, 0.15) is 62.5 Å². The van der Waals surface area contributed by atoms with Crippen molar-refractivity contribution in [3.8, 4) is 0 Å². The third kappa shape index (κ3) is 4.66. The van der Waals surface area contributed by atoms with Gasteiger partial charge in [-0.3, -0.25) is 4.98 Å². The zero-order valence-electron chi connectivity index (χ0n) is 20.5. The second-order valence-electron chi connectivity index (χ2n) is 10.3. The summed E-state index contributed by atoms with van der Waals surface area (Å²) >= 11 is 6.17. The van der Waals surface area contributed by atoms with Crippen molar-refractivity contribution >= 4 is 28.6 Å². The lowest BCUT2D eigenvalue weighted by Crippen LogP contribution is -2.46. The zero-order chi connectivity index (χ0) is 23.8. The first-order chi connectivity index (χ1) is 16.4. The van der Waals surface area contributed by atoms with E-state index in [4.69, 9.17) is 27.3 Å². The van der Waals surface area contributed by atoms with Gasteiger partial charge in [0.1, 0.15) is 5.15 Å². The molecule has 1 aromatic carbocycles. The van der Waals surface area contributed by atoms with Crippen LogP contribution in [-0.4, -0.2) is 56.1 Å². The number of anilines is 1. The number of hydrogen-bond donors (Lipinski definition) is 2. The number of rotatable bonds is 6. The molecule has 1 aliphatic carbocycles.